The van der Waals surface area contributed by atoms with Crippen molar-refractivity contribution in [1.82, 2.24) is 20.0 Å². The molecule has 2 saturated heterocycles. The van der Waals surface area contributed by atoms with Gasteiger partial charge in [-0.15, -0.1) is 10.2 Å². The molecule has 32 heavy (non-hydrogen) atoms. The number of hydrogen-bond donors (Lipinski definition) is 1. The first-order valence-electron chi connectivity index (χ1n) is 11.5. The highest BCUT2D eigenvalue weighted by Crippen LogP contribution is 2.24. The molecule has 1 N–H and O–H groups in total. The maximum atomic E-state index is 12.7. The molecule has 0 unspecified atom stereocenters. The van der Waals surface area contributed by atoms with Gasteiger partial charge in [-0.3, -0.25) is 0 Å². The van der Waals surface area contributed by atoms with Crippen molar-refractivity contribution in [3.05, 3.63) is 42.0 Å². The third kappa shape index (κ3) is 5.30. The standard InChI is InChI=1S/C24H35N7O/c1-24(2,3)19-5-7-20(8-6-19)25-23(32)31-17-15-30(16-18-31)22-10-9-21(26-27-22)29-13-11-28(4)12-14-29/h5-10H,11-18H2,1-4H3,(H,25,32). The van der Waals surface area contributed by atoms with E-state index in [4.69, 9.17) is 0 Å². The highest BCUT2D eigenvalue weighted by atomic mass is 16.2. The van der Waals surface area contributed by atoms with Crippen molar-refractivity contribution in [3.63, 3.8) is 0 Å². The van der Waals surface area contributed by atoms with Crippen molar-refractivity contribution >= 4 is 23.4 Å². The predicted molar refractivity (Wildman–Crippen MR) is 130 cm³/mol. The first-order valence-corrected chi connectivity index (χ1v) is 11.5. The van der Waals surface area contributed by atoms with Crippen LogP contribution < -0.4 is 15.1 Å². The number of anilines is 3. The van der Waals surface area contributed by atoms with Gasteiger partial charge in [0.1, 0.15) is 0 Å². The van der Waals surface area contributed by atoms with E-state index in [1.54, 1.807) is 0 Å². The van der Waals surface area contributed by atoms with E-state index in [1.807, 2.05) is 23.1 Å². The van der Waals surface area contributed by atoms with Gasteiger partial charge in [0.2, 0.25) is 0 Å². The number of rotatable bonds is 3. The summed E-state index contributed by atoms with van der Waals surface area (Å²) in [5.74, 6) is 1.82. The summed E-state index contributed by atoms with van der Waals surface area (Å²) in [6.45, 7) is 13.4. The Morgan fingerprint density at radius 2 is 1.28 bits per heavy atom. The number of likely N-dealkylation sites (N-methyl/N-ethyl adjacent to an activating group) is 1. The van der Waals surface area contributed by atoms with Gasteiger partial charge < -0.3 is 24.9 Å². The van der Waals surface area contributed by atoms with E-state index in [0.717, 1.165) is 56.6 Å². The Morgan fingerprint density at radius 3 is 1.75 bits per heavy atom. The SMILES string of the molecule is CN1CCN(c2ccc(N3CCN(C(=O)Nc4ccc(C(C)(C)C)cc4)CC3)nn2)CC1. The van der Waals surface area contributed by atoms with Crippen LogP contribution in [0.5, 0.6) is 0 Å². The average Bonchev–Trinajstić information content (AvgIpc) is 2.80. The minimum absolute atomic E-state index is 0.0512. The van der Waals surface area contributed by atoms with E-state index in [9.17, 15) is 4.79 Å². The molecule has 0 spiro atoms. The summed E-state index contributed by atoms with van der Waals surface area (Å²) in [7, 11) is 2.15. The molecule has 1 aromatic heterocycles. The smallest absolute Gasteiger partial charge is 0.321 e. The zero-order chi connectivity index (χ0) is 22.7. The van der Waals surface area contributed by atoms with Gasteiger partial charge in [0.15, 0.2) is 11.6 Å². The second-order valence-corrected chi connectivity index (χ2v) is 9.77. The molecule has 4 rings (SSSR count). The molecule has 3 heterocycles. The van der Waals surface area contributed by atoms with Crippen molar-refractivity contribution in [2.24, 2.45) is 0 Å². The van der Waals surface area contributed by atoms with Gasteiger partial charge in [0.05, 0.1) is 0 Å². The third-order valence-corrected chi connectivity index (χ3v) is 6.36. The van der Waals surface area contributed by atoms with Crippen LogP contribution in [-0.4, -0.2) is 85.4 Å². The fourth-order valence-corrected chi connectivity index (χ4v) is 4.09. The summed E-state index contributed by atoms with van der Waals surface area (Å²) in [4.78, 5) is 21.4. The fraction of sp³-hybridized carbons (Fsp3) is 0.542. The van der Waals surface area contributed by atoms with E-state index in [-0.39, 0.29) is 11.4 Å². The first-order chi connectivity index (χ1) is 15.3. The van der Waals surface area contributed by atoms with Gasteiger partial charge in [-0.1, -0.05) is 32.9 Å². The molecule has 2 aromatic rings. The largest absolute Gasteiger partial charge is 0.353 e. The van der Waals surface area contributed by atoms with Gasteiger partial charge in [0.25, 0.3) is 0 Å². The van der Waals surface area contributed by atoms with Gasteiger partial charge in [-0.25, -0.2) is 4.79 Å². The van der Waals surface area contributed by atoms with E-state index in [1.165, 1.54) is 5.56 Å². The van der Waals surface area contributed by atoms with Crippen LogP contribution in [-0.2, 0) is 5.41 Å². The zero-order valence-electron chi connectivity index (χ0n) is 19.7. The Balaban J connectivity index is 1.27. The Labute approximate surface area is 191 Å². The van der Waals surface area contributed by atoms with Crippen LogP contribution in [0, 0.1) is 0 Å². The summed E-state index contributed by atoms with van der Waals surface area (Å²) >= 11 is 0. The van der Waals surface area contributed by atoms with Gasteiger partial charge in [-0.05, 0) is 42.3 Å². The molecule has 2 amide bonds. The molecule has 8 nitrogen and oxygen atoms in total. The lowest BCUT2D eigenvalue weighted by Crippen LogP contribution is -2.50. The van der Waals surface area contributed by atoms with Crippen molar-refractivity contribution in [2.45, 2.75) is 26.2 Å². The van der Waals surface area contributed by atoms with Crippen LogP contribution in [0.3, 0.4) is 0 Å². The highest BCUT2D eigenvalue weighted by molar-refractivity contribution is 5.89. The molecule has 2 fully saturated rings. The number of amides is 2. The van der Waals surface area contributed by atoms with Gasteiger partial charge in [0, 0.05) is 58.0 Å². The van der Waals surface area contributed by atoms with Crippen LogP contribution in [0.2, 0.25) is 0 Å². The summed E-state index contributed by atoms with van der Waals surface area (Å²) in [6, 6.07) is 12.2. The molecule has 0 atom stereocenters. The van der Waals surface area contributed by atoms with E-state index < -0.39 is 0 Å². The molecular formula is C24H35N7O. The minimum Gasteiger partial charge on any atom is -0.353 e. The normalized spacial score (nSPS) is 18.1. The maximum Gasteiger partial charge on any atom is 0.321 e. The summed E-state index contributed by atoms with van der Waals surface area (Å²) in [6.07, 6.45) is 0. The lowest BCUT2D eigenvalue weighted by atomic mass is 9.87. The van der Waals surface area contributed by atoms with E-state index in [0.29, 0.717) is 13.1 Å². The van der Waals surface area contributed by atoms with Gasteiger partial charge in [-0.2, -0.15) is 0 Å². The number of piperazine rings is 2. The topological polar surface area (TPSA) is 67.8 Å². The minimum atomic E-state index is -0.0512. The second kappa shape index (κ2) is 9.32. The predicted octanol–water partition coefficient (Wildman–Crippen LogP) is 2.88. The van der Waals surface area contributed by atoms with Crippen LogP contribution in [0.1, 0.15) is 26.3 Å². The van der Waals surface area contributed by atoms with Crippen LogP contribution in [0.15, 0.2) is 36.4 Å². The van der Waals surface area contributed by atoms with Crippen molar-refractivity contribution in [1.29, 1.82) is 0 Å². The number of hydrogen-bond acceptors (Lipinski definition) is 6. The lowest BCUT2D eigenvalue weighted by molar-refractivity contribution is 0.208. The Morgan fingerprint density at radius 1 is 0.781 bits per heavy atom. The second-order valence-electron chi connectivity index (χ2n) is 9.77. The zero-order valence-corrected chi connectivity index (χ0v) is 19.7. The number of nitrogens with one attached hydrogen (secondary N) is 1. The molecule has 8 heteroatoms. The molecule has 2 aliphatic heterocycles. The van der Waals surface area contributed by atoms with Crippen molar-refractivity contribution in [3.8, 4) is 0 Å². The molecule has 172 valence electrons. The third-order valence-electron chi connectivity index (χ3n) is 6.36. The number of carbonyl (C=O) groups is 1. The van der Waals surface area contributed by atoms with Gasteiger partial charge >= 0.3 is 6.03 Å². The molecule has 0 aliphatic carbocycles. The van der Waals surface area contributed by atoms with Crippen LogP contribution in [0.4, 0.5) is 22.1 Å². The van der Waals surface area contributed by atoms with E-state index in [2.05, 4.69) is 76.2 Å². The molecular weight excluding hydrogens is 402 g/mol. The Hall–Kier alpha value is -2.87. The number of aromatic nitrogens is 2. The molecule has 1 aromatic carbocycles. The molecule has 0 saturated carbocycles. The first kappa shape index (κ1) is 22.3. The lowest BCUT2D eigenvalue weighted by Gasteiger charge is -2.35. The van der Waals surface area contributed by atoms with Crippen molar-refractivity contribution < 1.29 is 4.79 Å². The monoisotopic (exact) mass is 437 g/mol. The van der Waals surface area contributed by atoms with Crippen LogP contribution in [0.25, 0.3) is 0 Å². The average molecular weight is 438 g/mol. The summed E-state index contributed by atoms with van der Waals surface area (Å²) in [5, 5.41) is 11.9. The van der Waals surface area contributed by atoms with Crippen LogP contribution >= 0.6 is 0 Å². The fourth-order valence-electron chi connectivity index (χ4n) is 4.09. The number of urea groups is 1. The molecule has 0 radical (unpaired) electrons. The summed E-state index contributed by atoms with van der Waals surface area (Å²) in [5.41, 5.74) is 2.18. The quantitative estimate of drug-likeness (QED) is 0.797. The van der Waals surface area contributed by atoms with Crippen molar-refractivity contribution in [2.75, 3.05) is 74.5 Å². The molecule has 0 bridgehead atoms. The highest BCUT2D eigenvalue weighted by Gasteiger charge is 2.23. The summed E-state index contributed by atoms with van der Waals surface area (Å²) < 4.78 is 0. The Kier molecular flexibility index (Phi) is 6.50. The Bertz CT molecular complexity index is 891. The van der Waals surface area contributed by atoms with E-state index >= 15 is 0 Å². The number of benzene rings is 1. The number of nitrogens with zero attached hydrogens (tertiary/aromatic N) is 6. The maximum absolute atomic E-state index is 12.7. The number of carbonyl (C=O) groups excluding carboxylic acids is 1. The molecule has 2 aliphatic rings.